The van der Waals surface area contributed by atoms with Crippen LogP contribution in [-0.2, 0) is 0 Å². The third kappa shape index (κ3) is 3.03. The summed E-state index contributed by atoms with van der Waals surface area (Å²) >= 11 is 0. The van der Waals surface area contributed by atoms with Crippen LogP contribution in [0.1, 0.15) is 38.7 Å². The second-order valence-electron chi connectivity index (χ2n) is 4.95. The maximum absolute atomic E-state index is 13.6. The van der Waals surface area contributed by atoms with E-state index in [0.717, 1.165) is 0 Å². The number of hydrogen-bond acceptors (Lipinski definition) is 1. The van der Waals surface area contributed by atoms with Gasteiger partial charge in [-0.15, -0.1) is 0 Å². The molecule has 1 nitrogen and oxygen atoms in total. The van der Waals surface area contributed by atoms with E-state index < -0.39 is 0 Å². The Morgan fingerprint density at radius 3 is 2.33 bits per heavy atom. The van der Waals surface area contributed by atoms with E-state index in [1.54, 1.807) is 12.1 Å². The van der Waals surface area contributed by atoms with Crippen LogP contribution in [0, 0.1) is 11.2 Å². The molecule has 0 heterocycles. The molecule has 0 spiro atoms. The monoisotopic (exact) mass is 210 g/mol. The summed E-state index contributed by atoms with van der Waals surface area (Å²) in [5, 5.41) is 9.03. The quantitative estimate of drug-likeness (QED) is 0.811. The van der Waals surface area contributed by atoms with Crippen LogP contribution in [0.5, 0.6) is 0 Å². The molecule has 0 aromatic heterocycles. The highest BCUT2D eigenvalue weighted by atomic mass is 19.1. The van der Waals surface area contributed by atoms with Crippen LogP contribution in [0.25, 0.3) is 0 Å². The summed E-state index contributed by atoms with van der Waals surface area (Å²) in [5.74, 6) is -0.116. The van der Waals surface area contributed by atoms with E-state index in [-0.39, 0.29) is 23.8 Å². The van der Waals surface area contributed by atoms with Gasteiger partial charge >= 0.3 is 0 Å². The van der Waals surface area contributed by atoms with Gasteiger partial charge < -0.3 is 5.11 Å². The molecule has 0 saturated carbocycles. The Bertz CT molecular complexity index is 315. The third-order valence-corrected chi connectivity index (χ3v) is 2.74. The van der Waals surface area contributed by atoms with Gasteiger partial charge in [-0.3, -0.25) is 0 Å². The van der Waals surface area contributed by atoms with Crippen LogP contribution in [-0.4, -0.2) is 11.7 Å². The van der Waals surface area contributed by atoms with E-state index in [0.29, 0.717) is 12.0 Å². The Morgan fingerprint density at radius 2 is 1.87 bits per heavy atom. The molecule has 84 valence electrons. The fourth-order valence-electron chi connectivity index (χ4n) is 1.94. The molecule has 0 aliphatic heterocycles. The number of rotatable bonds is 3. The summed E-state index contributed by atoms with van der Waals surface area (Å²) in [5.41, 5.74) is 0.671. The molecule has 0 fully saturated rings. The second-order valence-corrected chi connectivity index (χ2v) is 4.95. The molecule has 2 heteroatoms. The minimum absolute atomic E-state index is 0.0368. The zero-order valence-corrected chi connectivity index (χ0v) is 9.63. The molecule has 0 aliphatic carbocycles. The average molecular weight is 210 g/mol. The first-order chi connectivity index (χ1) is 6.96. The van der Waals surface area contributed by atoms with Gasteiger partial charge in [0.15, 0.2) is 0 Å². The minimum Gasteiger partial charge on any atom is -0.396 e. The van der Waals surface area contributed by atoms with E-state index >= 15 is 0 Å². The number of aliphatic hydroxyl groups is 1. The van der Waals surface area contributed by atoms with Gasteiger partial charge in [0.25, 0.3) is 0 Å². The Balaban J connectivity index is 3.05. The Kier molecular flexibility index (Phi) is 3.86. The van der Waals surface area contributed by atoms with E-state index in [1.807, 2.05) is 6.07 Å². The zero-order chi connectivity index (χ0) is 11.5. The van der Waals surface area contributed by atoms with Gasteiger partial charge in [0.05, 0.1) is 0 Å². The van der Waals surface area contributed by atoms with Gasteiger partial charge in [0.1, 0.15) is 5.82 Å². The zero-order valence-electron chi connectivity index (χ0n) is 9.63. The lowest BCUT2D eigenvalue weighted by Gasteiger charge is -2.31. The summed E-state index contributed by atoms with van der Waals surface area (Å²) in [4.78, 5) is 0. The van der Waals surface area contributed by atoms with Gasteiger partial charge in [-0.25, -0.2) is 4.39 Å². The van der Waals surface area contributed by atoms with Crippen molar-refractivity contribution < 1.29 is 9.50 Å². The first kappa shape index (κ1) is 12.2. The maximum Gasteiger partial charge on any atom is 0.126 e. The van der Waals surface area contributed by atoms with Crippen LogP contribution in [0.4, 0.5) is 4.39 Å². The molecule has 0 amide bonds. The summed E-state index contributed by atoms with van der Waals surface area (Å²) in [6, 6.07) is 6.82. The Hall–Kier alpha value is -0.890. The molecule has 0 radical (unpaired) electrons. The second kappa shape index (κ2) is 4.75. The highest BCUT2D eigenvalue weighted by molar-refractivity contribution is 5.23. The Labute approximate surface area is 90.9 Å². The smallest absolute Gasteiger partial charge is 0.126 e. The molecule has 15 heavy (non-hydrogen) atoms. The lowest BCUT2D eigenvalue weighted by molar-refractivity contribution is 0.221. The molecular weight excluding hydrogens is 191 g/mol. The summed E-state index contributed by atoms with van der Waals surface area (Å²) < 4.78 is 13.6. The standard InChI is InChI=1S/C13H19FO/c1-13(2,3)11(8-9-15)10-6-4-5-7-12(10)14/h4-7,11,15H,8-9H2,1-3H3. The van der Waals surface area contributed by atoms with Crippen LogP contribution in [0.3, 0.4) is 0 Å². The van der Waals surface area contributed by atoms with Crippen molar-refractivity contribution in [1.82, 2.24) is 0 Å². The molecule has 1 N–H and O–H groups in total. The minimum atomic E-state index is -0.175. The topological polar surface area (TPSA) is 20.2 Å². The van der Waals surface area contributed by atoms with Crippen molar-refractivity contribution >= 4 is 0 Å². The van der Waals surface area contributed by atoms with Gasteiger partial charge in [-0.1, -0.05) is 39.0 Å². The maximum atomic E-state index is 13.6. The summed E-state index contributed by atoms with van der Waals surface area (Å²) in [6.45, 7) is 6.30. The fraction of sp³-hybridized carbons (Fsp3) is 0.538. The van der Waals surface area contributed by atoms with Crippen molar-refractivity contribution in [3.05, 3.63) is 35.6 Å². The molecule has 0 bridgehead atoms. The van der Waals surface area contributed by atoms with E-state index in [1.165, 1.54) is 6.07 Å². The van der Waals surface area contributed by atoms with Crippen LogP contribution >= 0.6 is 0 Å². The molecule has 1 unspecified atom stereocenters. The molecule has 0 aliphatic rings. The molecule has 1 aromatic carbocycles. The number of halogens is 1. The molecular formula is C13H19FO. The van der Waals surface area contributed by atoms with Crippen molar-refractivity contribution in [3.63, 3.8) is 0 Å². The third-order valence-electron chi connectivity index (χ3n) is 2.74. The van der Waals surface area contributed by atoms with E-state index in [2.05, 4.69) is 20.8 Å². The molecule has 1 aromatic rings. The van der Waals surface area contributed by atoms with Gasteiger partial charge in [-0.2, -0.15) is 0 Å². The Morgan fingerprint density at radius 1 is 1.27 bits per heavy atom. The van der Waals surface area contributed by atoms with Crippen molar-refractivity contribution in [3.8, 4) is 0 Å². The SMILES string of the molecule is CC(C)(C)C(CCO)c1ccccc1F. The molecule has 1 rings (SSSR count). The summed E-state index contributed by atoms with van der Waals surface area (Å²) in [7, 11) is 0. The summed E-state index contributed by atoms with van der Waals surface area (Å²) in [6.07, 6.45) is 0.602. The fourth-order valence-corrected chi connectivity index (χ4v) is 1.94. The number of aliphatic hydroxyl groups excluding tert-OH is 1. The van der Waals surface area contributed by atoms with Crippen molar-refractivity contribution in [1.29, 1.82) is 0 Å². The van der Waals surface area contributed by atoms with Gasteiger partial charge in [0, 0.05) is 6.61 Å². The average Bonchev–Trinajstić information content (AvgIpc) is 2.14. The largest absolute Gasteiger partial charge is 0.396 e. The first-order valence-electron chi connectivity index (χ1n) is 5.32. The van der Waals surface area contributed by atoms with Crippen LogP contribution < -0.4 is 0 Å². The molecule has 1 atom stereocenters. The van der Waals surface area contributed by atoms with Gasteiger partial charge in [0.2, 0.25) is 0 Å². The highest BCUT2D eigenvalue weighted by Crippen LogP contribution is 2.38. The molecule has 0 saturated heterocycles. The number of hydrogen-bond donors (Lipinski definition) is 1. The van der Waals surface area contributed by atoms with Gasteiger partial charge in [-0.05, 0) is 29.4 Å². The van der Waals surface area contributed by atoms with Crippen LogP contribution in [0.15, 0.2) is 24.3 Å². The highest BCUT2D eigenvalue weighted by Gasteiger charge is 2.27. The predicted octanol–water partition coefficient (Wildman–Crippen LogP) is 3.34. The predicted molar refractivity (Wildman–Crippen MR) is 60.3 cm³/mol. The van der Waals surface area contributed by atoms with Crippen molar-refractivity contribution in [2.45, 2.75) is 33.1 Å². The van der Waals surface area contributed by atoms with Crippen molar-refractivity contribution in [2.24, 2.45) is 5.41 Å². The van der Waals surface area contributed by atoms with Crippen LogP contribution in [0.2, 0.25) is 0 Å². The first-order valence-corrected chi connectivity index (χ1v) is 5.32. The number of benzene rings is 1. The van der Waals surface area contributed by atoms with E-state index in [4.69, 9.17) is 5.11 Å². The lowest BCUT2D eigenvalue weighted by atomic mass is 9.74. The van der Waals surface area contributed by atoms with E-state index in [9.17, 15) is 4.39 Å². The normalized spacial score (nSPS) is 13.9. The lowest BCUT2D eigenvalue weighted by Crippen LogP contribution is -2.20. The van der Waals surface area contributed by atoms with Crippen molar-refractivity contribution in [2.75, 3.05) is 6.61 Å².